The van der Waals surface area contributed by atoms with Gasteiger partial charge in [0.15, 0.2) is 5.49 Å². The zero-order valence-corrected chi connectivity index (χ0v) is 21.4. The average molecular weight is 518 g/mol. The first kappa shape index (κ1) is 26.6. The summed E-state index contributed by atoms with van der Waals surface area (Å²) in [6.07, 6.45) is -2.33. The molecule has 1 aliphatic rings. The van der Waals surface area contributed by atoms with Crippen LogP contribution in [0, 0.1) is 6.92 Å². The van der Waals surface area contributed by atoms with Crippen LogP contribution in [-0.2, 0) is 23.6 Å². The van der Waals surface area contributed by atoms with Crippen molar-refractivity contribution in [3.05, 3.63) is 58.5 Å². The van der Waals surface area contributed by atoms with Crippen LogP contribution in [-0.4, -0.2) is 50.6 Å². The number of benzene rings is 1. The zero-order chi connectivity index (χ0) is 27.1. The smallest absolute Gasteiger partial charge is 0.416 e. The summed E-state index contributed by atoms with van der Waals surface area (Å²) in [5.41, 5.74) is -0.189. The maximum atomic E-state index is 13.5. The zero-order valence-electron chi connectivity index (χ0n) is 21.4. The molecule has 37 heavy (non-hydrogen) atoms. The van der Waals surface area contributed by atoms with Crippen molar-refractivity contribution in [1.29, 1.82) is 0 Å². The van der Waals surface area contributed by atoms with E-state index in [2.05, 4.69) is 9.97 Å². The van der Waals surface area contributed by atoms with Crippen LogP contribution in [0.2, 0.25) is 0 Å². The van der Waals surface area contributed by atoms with E-state index in [9.17, 15) is 23.1 Å². The number of aryl methyl sites for hydroxylation is 1. The Labute approximate surface area is 212 Å². The van der Waals surface area contributed by atoms with Crippen molar-refractivity contribution in [2.75, 3.05) is 20.2 Å². The molecule has 1 N–H and O–H groups in total. The highest BCUT2D eigenvalue weighted by atomic mass is 19.4. The largest absolute Gasteiger partial charge is 0.479 e. The predicted molar refractivity (Wildman–Crippen MR) is 131 cm³/mol. The molecule has 1 aromatic carbocycles. The van der Waals surface area contributed by atoms with E-state index in [-0.39, 0.29) is 17.4 Å². The predicted octanol–water partition coefficient (Wildman–Crippen LogP) is 3.80. The molecule has 3 aromatic rings. The Kier molecular flexibility index (Phi) is 7.02. The lowest BCUT2D eigenvalue weighted by molar-refractivity contribution is -0.138. The van der Waals surface area contributed by atoms with Gasteiger partial charge < -0.3 is 19.3 Å². The summed E-state index contributed by atoms with van der Waals surface area (Å²) in [5.74, 6) is 0.210. The molecule has 198 valence electrons. The van der Waals surface area contributed by atoms with E-state index < -0.39 is 23.4 Å². The first-order chi connectivity index (χ1) is 17.4. The molecular weight excluding hydrogens is 487 g/mol. The van der Waals surface area contributed by atoms with Crippen LogP contribution in [0.15, 0.2) is 35.6 Å². The Balaban J connectivity index is 1.86. The molecule has 0 bridgehead atoms. The number of rotatable bonds is 4. The molecule has 4 rings (SSSR count). The monoisotopic (exact) mass is 517 g/mol. The van der Waals surface area contributed by atoms with E-state index in [0.717, 1.165) is 6.07 Å². The number of likely N-dealkylation sites (tertiary alicyclic amines) is 1. The number of hydrogen-bond acceptors (Lipinski definition) is 6. The lowest BCUT2D eigenvalue weighted by Gasteiger charge is -2.37. The quantitative estimate of drug-likeness (QED) is 0.569. The number of alkyl halides is 3. The van der Waals surface area contributed by atoms with Crippen LogP contribution in [0.4, 0.5) is 13.2 Å². The first-order valence-corrected chi connectivity index (χ1v) is 11.9. The second-order valence-electron chi connectivity index (χ2n) is 9.45. The highest BCUT2D eigenvalue weighted by Crippen LogP contribution is 2.36. The summed E-state index contributed by atoms with van der Waals surface area (Å²) < 4.78 is 47.7. The van der Waals surface area contributed by atoms with Crippen LogP contribution in [0.5, 0.6) is 5.88 Å². The summed E-state index contributed by atoms with van der Waals surface area (Å²) in [7, 11) is 3.24. The highest BCUT2D eigenvalue weighted by Gasteiger charge is 2.37. The summed E-state index contributed by atoms with van der Waals surface area (Å²) in [6, 6.07) is 5.14. The van der Waals surface area contributed by atoms with Gasteiger partial charge in [0, 0.05) is 27.1 Å². The van der Waals surface area contributed by atoms with Crippen LogP contribution >= 0.6 is 0 Å². The van der Waals surface area contributed by atoms with Gasteiger partial charge in [0.2, 0.25) is 11.8 Å². The van der Waals surface area contributed by atoms with Crippen molar-refractivity contribution in [3.63, 3.8) is 0 Å². The standard InChI is InChI=1S/C26H30F3N5O3/c1-15-18(7-6-8-20(15)26(27,28)29)16(2)31-23-19-13-21(25(36)9-11-34(12-10-25)17(3)35)32-24(37-5)22(19)33(4)14-30-23/h6-8,13-14,16,36H,9-12H2,1-5H3. The molecule has 8 nitrogen and oxygen atoms in total. The topological polar surface area (TPSA) is 92.8 Å². The SMILES string of the molecule is COc1nc(C2(O)CCN(C(C)=O)CC2)cc2c(=NC(C)c3cccc(C(F)(F)F)c3C)ncn(C)c12. The number of halogens is 3. The number of carbonyl (C=O) groups excluding carboxylic acids is 1. The van der Waals surface area contributed by atoms with Crippen molar-refractivity contribution in [1.82, 2.24) is 19.4 Å². The van der Waals surface area contributed by atoms with Gasteiger partial charge in [0.1, 0.15) is 11.1 Å². The normalized spacial score (nSPS) is 17.2. The fraction of sp³-hybridized carbons (Fsp3) is 0.462. The molecule has 1 aliphatic heterocycles. The van der Waals surface area contributed by atoms with Crippen molar-refractivity contribution < 1.29 is 27.8 Å². The minimum absolute atomic E-state index is 0.0534. The first-order valence-electron chi connectivity index (χ1n) is 11.9. The van der Waals surface area contributed by atoms with E-state index in [4.69, 9.17) is 9.73 Å². The Morgan fingerprint density at radius 2 is 1.95 bits per heavy atom. The average Bonchev–Trinajstić information content (AvgIpc) is 2.84. The van der Waals surface area contributed by atoms with Gasteiger partial charge >= 0.3 is 6.18 Å². The maximum absolute atomic E-state index is 13.5. The molecule has 0 radical (unpaired) electrons. The molecule has 1 fully saturated rings. The third kappa shape index (κ3) is 5.04. The van der Waals surface area contributed by atoms with Gasteiger partial charge in [0.25, 0.3) is 0 Å². The van der Waals surface area contributed by atoms with E-state index in [0.29, 0.717) is 53.6 Å². The number of amides is 1. The number of aliphatic hydroxyl groups is 1. The number of carbonyl (C=O) groups is 1. The van der Waals surface area contributed by atoms with Crippen LogP contribution in [0.25, 0.3) is 10.9 Å². The van der Waals surface area contributed by atoms with Crippen LogP contribution < -0.4 is 10.2 Å². The van der Waals surface area contributed by atoms with Gasteiger partial charge in [-0.15, -0.1) is 0 Å². The van der Waals surface area contributed by atoms with Gasteiger partial charge in [-0.1, -0.05) is 12.1 Å². The molecule has 1 amide bonds. The number of pyridine rings is 1. The van der Waals surface area contributed by atoms with Gasteiger partial charge in [-0.2, -0.15) is 13.2 Å². The molecule has 1 saturated heterocycles. The van der Waals surface area contributed by atoms with Crippen molar-refractivity contribution >= 4 is 16.8 Å². The molecule has 1 atom stereocenters. The number of aromatic nitrogens is 3. The lowest BCUT2D eigenvalue weighted by atomic mass is 9.87. The Hall–Kier alpha value is -3.47. The van der Waals surface area contributed by atoms with E-state index >= 15 is 0 Å². The van der Waals surface area contributed by atoms with Crippen molar-refractivity contribution in [3.8, 4) is 5.88 Å². The van der Waals surface area contributed by atoms with Crippen LogP contribution in [0.1, 0.15) is 55.1 Å². The summed E-state index contributed by atoms with van der Waals surface area (Å²) in [5, 5.41) is 12.0. The van der Waals surface area contributed by atoms with Gasteiger partial charge in [-0.05, 0) is 49.9 Å². The number of nitrogens with zero attached hydrogens (tertiary/aromatic N) is 5. The third-order valence-corrected chi connectivity index (χ3v) is 7.06. The highest BCUT2D eigenvalue weighted by molar-refractivity contribution is 5.83. The fourth-order valence-electron chi connectivity index (χ4n) is 4.89. The molecule has 1 unspecified atom stereocenters. The number of ether oxygens (including phenoxy) is 1. The Morgan fingerprint density at radius 1 is 1.27 bits per heavy atom. The molecular formula is C26H30F3N5O3. The second-order valence-corrected chi connectivity index (χ2v) is 9.45. The number of methoxy groups -OCH3 is 1. The van der Waals surface area contributed by atoms with Gasteiger partial charge in [0.05, 0.1) is 36.1 Å². The molecule has 0 aliphatic carbocycles. The fourth-order valence-corrected chi connectivity index (χ4v) is 4.89. The maximum Gasteiger partial charge on any atom is 0.416 e. The van der Waals surface area contributed by atoms with Crippen molar-refractivity contribution in [2.45, 2.75) is 51.4 Å². The molecule has 3 heterocycles. The molecule has 11 heteroatoms. The number of fused-ring (bicyclic) bond motifs is 1. The van der Waals surface area contributed by atoms with Gasteiger partial charge in [-0.25, -0.2) is 9.97 Å². The van der Waals surface area contributed by atoms with Crippen LogP contribution in [0.3, 0.4) is 0 Å². The van der Waals surface area contributed by atoms with Crippen molar-refractivity contribution in [2.24, 2.45) is 12.0 Å². The second kappa shape index (κ2) is 9.77. The van der Waals surface area contributed by atoms with E-state index in [1.54, 1.807) is 35.6 Å². The number of hydrogen-bond donors (Lipinski definition) is 1. The molecule has 0 saturated carbocycles. The Bertz CT molecular complexity index is 1410. The minimum atomic E-state index is -4.47. The summed E-state index contributed by atoms with van der Waals surface area (Å²) in [4.78, 5) is 27.1. The third-order valence-electron chi connectivity index (χ3n) is 7.06. The summed E-state index contributed by atoms with van der Waals surface area (Å²) in [6.45, 7) is 5.42. The minimum Gasteiger partial charge on any atom is -0.479 e. The summed E-state index contributed by atoms with van der Waals surface area (Å²) >= 11 is 0. The van der Waals surface area contributed by atoms with Gasteiger partial charge in [-0.3, -0.25) is 9.79 Å². The number of piperidine rings is 1. The van der Waals surface area contributed by atoms with E-state index in [1.165, 1.54) is 33.4 Å². The molecule has 2 aromatic heterocycles. The lowest BCUT2D eigenvalue weighted by Crippen LogP contribution is -2.44. The molecule has 0 spiro atoms. The Morgan fingerprint density at radius 3 is 2.54 bits per heavy atom. The van der Waals surface area contributed by atoms with E-state index in [1.807, 2.05) is 0 Å².